The van der Waals surface area contributed by atoms with Crippen molar-refractivity contribution in [1.82, 2.24) is 20.1 Å². The molecule has 0 aliphatic carbocycles. The van der Waals surface area contributed by atoms with Gasteiger partial charge >= 0.3 is 0 Å². The van der Waals surface area contributed by atoms with Gasteiger partial charge in [-0.05, 0) is 63.5 Å². The zero-order valence-corrected chi connectivity index (χ0v) is 16.5. The van der Waals surface area contributed by atoms with Gasteiger partial charge in [0.05, 0.1) is 5.52 Å². The van der Waals surface area contributed by atoms with Crippen molar-refractivity contribution in [3.8, 4) is 11.3 Å². The molecule has 1 aromatic carbocycles. The number of halogens is 1. The number of aromatic nitrogens is 3. The standard InChI is InChI=1S/C22H26FN5O/c23-20-21(18-8-9-19-17(15-18)7-6-10-24-19)25-26-22(20)28(16-29)14-5-4-13-27-11-2-1-3-12-27/h6-10,15-16H,1-5,11-14H2,(H,25,26). The number of nitrogens with one attached hydrogen (secondary N) is 1. The Kier molecular flexibility index (Phi) is 6.14. The quantitative estimate of drug-likeness (QED) is 0.463. The van der Waals surface area contributed by atoms with Crippen molar-refractivity contribution < 1.29 is 9.18 Å². The number of rotatable bonds is 8. The minimum absolute atomic E-state index is 0.124. The van der Waals surface area contributed by atoms with Gasteiger partial charge in [-0.15, -0.1) is 0 Å². The van der Waals surface area contributed by atoms with Gasteiger partial charge in [-0.25, -0.2) is 4.39 Å². The topological polar surface area (TPSA) is 65.1 Å². The van der Waals surface area contributed by atoms with E-state index in [-0.39, 0.29) is 11.5 Å². The number of hydrogen-bond donors (Lipinski definition) is 1. The summed E-state index contributed by atoms with van der Waals surface area (Å²) < 4.78 is 15.0. The van der Waals surface area contributed by atoms with Gasteiger partial charge in [0.15, 0.2) is 11.6 Å². The fraction of sp³-hybridized carbons (Fsp3) is 0.409. The second-order valence-corrected chi connectivity index (χ2v) is 7.55. The zero-order valence-electron chi connectivity index (χ0n) is 16.5. The van der Waals surface area contributed by atoms with Crippen LogP contribution in [-0.2, 0) is 4.79 Å². The van der Waals surface area contributed by atoms with Crippen LogP contribution < -0.4 is 4.90 Å². The summed E-state index contributed by atoms with van der Waals surface area (Å²) in [6.45, 7) is 3.83. The number of likely N-dealkylation sites (tertiary alicyclic amines) is 1. The third-order valence-electron chi connectivity index (χ3n) is 5.55. The Hall–Kier alpha value is -2.80. The number of H-pyrrole nitrogens is 1. The van der Waals surface area contributed by atoms with Crippen LogP contribution in [-0.4, -0.2) is 52.7 Å². The smallest absolute Gasteiger partial charge is 0.215 e. The van der Waals surface area contributed by atoms with Gasteiger partial charge < -0.3 is 4.90 Å². The molecule has 2 aromatic heterocycles. The van der Waals surface area contributed by atoms with Gasteiger partial charge in [0.1, 0.15) is 5.69 Å². The van der Waals surface area contributed by atoms with Gasteiger partial charge in [-0.2, -0.15) is 5.10 Å². The lowest BCUT2D eigenvalue weighted by molar-refractivity contribution is -0.107. The molecule has 3 heterocycles. The molecule has 7 heteroatoms. The van der Waals surface area contributed by atoms with Crippen molar-refractivity contribution in [2.75, 3.05) is 31.1 Å². The van der Waals surface area contributed by atoms with Crippen molar-refractivity contribution in [1.29, 1.82) is 0 Å². The highest BCUT2D eigenvalue weighted by Gasteiger charge is 2.20. The number of pyridine rings is 1. The minimum Gasteiger partial charge on any atom is -0.303 e. The van der Waals surface area contributed by atoms with Crippen LogP contribution in [0, 0.1) is 5.82 Å². The van der Waals surface area contributed by atoms with E-state index in [1.54, 1.807) is 12.3 Å². The molecule has 3 aromatic rings. The Morgan fingerprint density at radius 1 is 1.17 bits per heavy atom. The van der Waals surface area contributed by atoms with Crippen LogP contribution in [0.1, 0.15) is 32.1 Å². The zero-order chi connectivity index (χ0) is 20.1. The molecule has 1 aliphatic rings. The highest BCUT2D eigenvalue weighted by atomic mass is 19.1. The van der Waals surface area contributed by atoms with E-state index >= 15 is 4.39 Å². The van der Waals surface area contributed by atoms with Crippen LogP contribution >= 0.6 is 0 Å². The maximum Gasteiger partial charge on any atom is 0.215 e. The highest BCUT2D eigenvalue weighted by molar-refractivity contribution is 5.84. The van der Waals surface area contributed by atoms with E-state index in [4.69, 9.17) is 0 Å². The lowest BCUT2D eigenvalue weighted by atomic mass is 10.1. The molecule has 0 radical (unpaired) electrons. The number of nitrogens with zero attached hydrogens (tertiary/aromatic N) is 4. The molecule has 1 saturated heterocycles. The van der Waals surface area contributed by atoms with Crippen LogP contribution in [0.3, 0.4) is 0 Å². The Morgan fingerprint density at radius 2 is 2.03 bits per heavy atom. The highest BCUT2D eigenvalue weighted by Crippen LogP contribution is 2.29. The SMILES string of the molecule is O=CN(CCCCN1CCCCC1)c1[nH]nc(-c2ccc3ncccc3c2)c1F. The molecule has 4 rings (SSSR count). The maximum absolute atomic E-state index is 15.0. The first kappa shape index (κ1) is 19.5. The number of carbonyl (C=O) groups is 1. The predicted molar refractivity (Wildman–Crippen MR) is 112 cm³/mol. The number of unbranched alkanes of at least 4 members (excludes halogenated alkanes) is 1. The fourth-order valence-electron chi connectivity index (χ4n) is 3.94. The molecule has 0 saturated carbocycles. The normalized spacial score (nSPS) is 14.9. The van der Waals surface area contributed by atoms with Crippen molar-refractivity contribution in [2.45, 2.75) is 32.1 Å². The Labute approximate surface area is 169 Å². The van der Waals surface area contributed by atoms with Gasteiger partial charge in [-0.1, -0.05) is 18.6 Å². The molecular weight excluding hydrogens is 369 g/mol. The molecular formula is C22H26FN5O. The van der Waals surface area contributed by atoms with Crippen LogP contribution in [0.5, 0.6) is 0 Å². The Morgan fingerprint density at radius 3 is 2.86 bits per heavy atom. The molecule has 6 nitrogen and oxygen atoms in total. The number of benzene rings is 1. The van der Waals surface area contributed by atoms with Crippen molar-refractivity contribution in [3.05, 3.63) is 42.3 Å². The monoisotopic (exact) mass is 395 g/mol. The molecule has 0 spiro atoms. The van der Waals surface area contributed by atoms with E-state index in [2.05, 4.69) is 20.1 Å². The molecule has 1 amide bonds. The van der Waals surface area contributed by atoms with Crippen LogP contribution in [0.2, 0.25) is 0 Å². The van der Waals surface area contributed by atoms with Gasteiger partial charge in [0.2, 0.25) is 6.41 Å². The number of anilines is 1. The number of aromatic amines is 1. The molecule has 1 N–H and O–H groups in total. The molecule has 152 valence electrons. The van der Waals surface area contributed by atoms with E-state index in [1.165, 1.54) is 24.2 Å². The summed E-state index contributed by atoms with van der Waals surface area (Å²) in [6, 6.07) is 9.27. The molecule has 1 aliphatic heterocycles. The first-order chi connectivity index (χ1) is 14.3. The van der Waals surface area contributed by atoms with Crippen molar-refractivity contribution >= 4 is 23.1 Å². The van der Waals surface area contributed by atoms with Crippen LogP contribution in [0.15, 0.2) is 36.5 Å². The lowest BCUT2D eigenvalue weighted by Gasteiger charge is -2.26. The summed E-state index contributed by atoms with van der Waals surface area (Å²) in [5, 5.41) is 7.76. The Balaban J connectivity index is 1.42. The average Bonchev–Trinajstić information content (AvgIpc) is 3.15. The van der Waals surface area contributed by atoms with Gasteiger partial charge in [0, 0.05) is 23.7 Å². The summed E-state index contributed by atoms with van der Waals surface area (Å²) in [5.74, 6) is -0.379. The predicted octanol–water partition coefficient (Wildman–Crippen LogP) is 3.99. The summed E-state index contributed by atoms with van der Waals surface area (Å²) >= 11 is 0. The first-order valence-electron chi connectivity index (χ1n) is 10.3. The number of piperidine rings is 1. The second-order valence-electron chi connectivity index (χ2n) is 7.55. The van der Waals surface area contributed by atoms with Gasteiger partial charge in [-0.3, -0.25) is 19.8 Å². The molecule has 1 fully saturated rings. The lowest BCUT2D eigenvalue weighted by Crippen LogP contribution is -2.31. The third-order valence-corrected chi connectivity index (χ3v) is 5.55. The third kappa shape index (κ3) is 4.45. The summed E-state index contributed by atoms with van der Waals surface area (Å²) in [5.41, 5.74) is 1.71. The molecule has 0 bridgehead atoms. The second kappa shape index (κ2) is 9.13. The van der Waals surface area contributed by atoms with Crippen molar-refractivity contribution in [3.63, 3.8) is 0 Å². The molecule has 0 unspecified atom stereocenters. The number of fused-ring (bicyclic) bond motifs is 1. The number of amides is 1. The van der Waals surface area contributed by atoms with Crippen LogP contribution in [0.25, 0.3) is 22.2 Å². The van der Waals surface area contributed by atoms with E-state index in [1.807, 2.05) is 24.3 Å². The van der Waals surface area contributed by atoms with E-state index < -0.39 is 5.82 Å². The Bertz CT molecular complexity index is 967. The van der Waals surface area contributed by atoms with E-state index in [0.29, 0.717) is 18.5 Å². The average molecular weight is 395 g/mol. The minimum atomic E-state index is -0.503. The largest absolute Gasteiger partial charge is 0.303 e. The van der Waals surface area contributed by atoms with Crippen LogP contribution in [0.4, 0.5) is 10.2 Å². The summed E-state index contributed by atoms with van der Waals surface area (Å²) in [7, 11) is 0. The number of hydrogen-bond acceptors (Lipinski definition) is 4. The molecule has 29 heavy (non-hydrogen) atoms. The summed E-state index contributed by atoms with van der Waals surface area (Å²) in [6.07, 6.45) is 8.08. The van der Waals surface area contributed by atoms with E-state index in [9.17, 15) is 4.79 Å². The molecule has 0 atom stereocenters. The fourth-order valence-corrected chi connectivity index (χ4v) is 3.94. The van der Waals surface area contributed by atoms with Gasteiger partial charge in [0.25, 0.3) is 0 Å². The van der Waals surface area contributed by atoms with Crippen molar-refractivity contribution in [2.24, 2.45) is 0 Å². The first-order valence-corrected chi connectivity index (χ1v) is 10.3. The maximum atomic E-state index is 15.0. The van der Waals surface area contributed by atoms with E-state index in [0.717, 1.165) is 43.4 Å². The number of carbonyl (C=O) groups excluding carboxylic acids is 1. The summed E-state index contributed by atoms with van der Waals surface area (Å²) in [4.78, 5) is 19.7.